The van der Waals surface area contributed by atoms with Crippen LogP contribution in [0.2, 0.25) is 0 Å². The number of aliphatic carboxylic acids is 1. The van der Waals surface area contributed by atoms with Crippen molar-refractivity contribution in [3.8, 4) is 0 Å². The predicted molar refractivity (Wildman–Crippen MR) is 81.1 cm³/mol. The third-order valence-corrected chi connectivity index (χ3v) is 4.41. The number of hydrogen-bond acceptors (Lipinski definition) is 2. The molecule has 1 saturated heterocycles. The van der Waals surface area contributed by atoms with Crippen LogP contribution in [0.1, 0.15) is 43.4 Å². The fourth-order valence-corrected chi connectivity index (χ4v) is 3.16. The van der Waals surface area contributed by atoms with Crippen LogP contribution in [-0.4, -0.2) is 34.6 Å². The minimum Gasteiger partial charge on any atom is -0.481 e. The Morgan fingerprint density at radius 1 is 1.25 bits per heavy atom. The van der Waals surface area contributed by atoms with Gasteiger partial charge in [-0.2, -0.15) is 0 Å². The fraction of sp³-hybridized carbons (Fsp3) is 0.588. The van der Waals surface area contributed by atoms with E-state index in [0.717, 1.165) is 6.54 Å². The van der Waals surface area contributed by atoms with Gasteiger partial charge in [0.15, 0.2) is 0 Å². The molecule has 3 heteroatoms. The maximum Gasteiger partial charge on any atom is 0.308 e. The van der Waals surface area contributed by atoms with Gasteiger partial charge in [0.25, 0.3) is 0 Å². The van der Waals surface area contributed by atoms with Gasteiger partial charge in [0.2, 0.25) is 0 Å². The summed E-state index contributed by atoms with van der Waals surface area (Å²) in [6, 6.07) is 6.34. The fourth-order valence-electron chi connectivity index (χ4n) is 3.16. The molecule has 1 heterocycles. The van der Waals surface area contributed by atoms with E-state index in [1.165, 1.54) is 16.7 Å². The molecule has 0 saturated carbocycles. The van der Waals surface area contributed by atoms with Crippen LogP contribution in [-0.2, 0) is 4.79 Å². The number of nitrogens with zero attached hydrogens (tertiary/aromatic N) is 1. The van der Waals surface area contributed by atoms with Gasteiger partial charge in [-0.25, -0.2) is 0 Å². The van der Waals surface area contributed by atoms with E-state index in [4.69, 9.17) is 0 Å². The first-order valence-corrected chi connectivity index (χ1v) is 7.25. The van der Waals surface area contributed by atoms with E-state index in [2.05, 4.69) is 57.7 Å². The Bertz CT molecular complexity index is 516. The van der Waals surface area contributed by atoms with Gasteiger partial charge in [-0.3, -0.25) is 9.69 Å². The number of hydrogen-bond donors (Lipinski definition) is 1. The Hall–Kier alpha value is -1.35. The van der Waals surface area contributed by atoms with Crippen molar-refractivity contribution in [2.75, 3.05) is 13.1 Å². The molecule has 3 nitrogen and oxygen atoms in total. The SMILES string of the molecule is Cc1ccc([C@@H]2CN(C(C)(C)C)C[C@H]2C(=O)O)c(C)c1. The van der Waals surface area contributed by atoms with E-state index < -0.39 is 5.97 Å². The largest absolute Gasteiger partial charge is 0.481 e. The van der Waals surface area contributed by atoms with Gasteiger partial charge in [0, 0.05) is 24.5 Å². The van der Waals surface area contributed by atoms with Crippen molar-refractivity contribution in [2.45, 2.75) is 46.1 Å². The summed E-state index contributed by atoms with van der Waals surface area (Å²) in [7, 11) is 0. The predicted octanol–water partition coefficient (Wildman–Crippen LogP) is 3.20. The molecule has 1 aromatic carbocycles. The molecule has 0 aliphatic carbocycles. The highest BCUT2D eigenvalue weighted by atomic mass is 16.4. The van der Waals surface area contributed by atoms with Gasteiger partial charge < -0.3 is 5.11 Å². The molecule has 1 aliphatic rings. The Morgan fingerprint density at radius 2 is 1.90 bits per heavy atom. The monoisotopic (exact) mass is 275 g/mol. The van der Waals surface area contributed by atoms with Crippen LogP contribution < -0.4 is 0 Å². The summed E-state index contributed by atoms with van der Waals surface area (Å²) >= 11 is 0. The average molecular weight is 275 g/mol. The second kappa shape index (κ2) is 5.21. The van der Waals surface area contributed by atoms with Gasteiger partial charge >= 0.3 is 5.97 Å². The van der Waals surface area contributed by atoms with Crippen LogP contribution in [0.25, 0.3) is 0 Å². The maximum atomic E-state index is 11.6. The summed E-state index contributed by atoms with van der Waals surface area (Å²) in [6.45, 7) is 12.1. The Kier molecular flexibility index (Phi) is 3.92. The van der Waals surface area contributed by atoms with Gasteiger partial charge in [-0.05, 0) is 45.7 Å². The summed E-state index contributed by atoms with van der Waals surface area (Å²) in [5.74, 6) is -0.898. The summed E-state index contributed by atoms with van der Waals surface area (Å²) < 4.78 is 0. The lowest BCUT2D eigenvalue weighted by atomic mass is 9.86. The number of carboxylic acids is 1. The third-order valence-electron chi connectivity index (χ3n) is 4.41. The summed E-state index contributed by atoms with van der Waals surface area (Å²) in [4.78, 5) is 13.9. The van der Waals surface area contributed by atoms with Gasteiger partial charge in [0.1, 0.15) is 0 Å². The Morgan fingerprint density at radius 3 is 2.40 bits per heavy atom. The van der Waals surface area contributed by atoms with Gasteiger partial charge in [-0.1, -0.05) is 23.8 Å². The highest BCUT2D eigenvalue weighted by Gasteiger charge is 2.42. The lowest BCUT2D eigenvalue weighted by Crippen LogP contribution is -2.40. The Labute approximate surface area is 121 Å². The van der Waals surface area contributed by atoms with E-state index in [9.17, 15) is 9.90 Å². The molecule has 1 aliphatic heterocycles. The number of rotatable bonds is 2. The van der Waals surface area contributed by atoms with Crippen LogP contribution in [0.4, 0.5) is 0 Å². The highest BCUT2D eigenvalue weighted by Crippen LogP contribution is 2.37. The van der Waals surface area contributed by atoms with Crippen molar-refractivity contribution in [3.05, 3.63) is 34.9 Å². The second-order valence-electron chi connectivity index (χ2n) is 6.99. The smallest absolute Gasteiger partial charge is 0.308 e. The molecular formula is C17H25NO2. The average Bonchev–Trinajstić information content (AvgIpc) is 2.73. The molecule has 1 N–H and O–H groups in total. The number of carboxylic acid groups (broad SMARTS) is 1. The first-order valence-electron chi connectivity index (χ1n) is 7.25. The number of aryl methyl sites for hydroxylation is 2. The van der Waals surface area contributed by atoms with Crippen molar-refractivity contribution < 1.29 is 9.90 Å². The van der Waals surface area contributed by atoms with E-state index in [1.54, 1.807) is 0 Å². The standard InChI is InChI=1S/C17H25NO2/c1-11-6-7-13(12(2)8-11)14-9-18(17(3,4)5)10-15(14)16(19)20/h6-8,14-15H,9-10H2,1-5H3,(H,19,20)/t14-,15+/m0/s1. The summed E-state index contributed by atoms with van der Waals surface area (Å²) in [5.41, 5.74) is 3.64. The molecule has 0 aromatic heterocycles. The van der Waals surface area contributed by atoms with Crippen molar-refractivity contribution in [1.82, 2.24) is 4.90 Å². The molecule has 2 atom stereocenters. The van der Waals surface area contributed by atoms with Crippen molar-refractivity contribution in [3.63, 3.8) is 0 Å². The van der Waals surface area contributed by atoms with E-state index in [-0.39, 0.29) is 17.4 Å². The summed E-state index contributed by atoms with van der Waals surface area (Å²) in [5, 5.41) is 9.55. The first-order chi connectivity index (χ1) is 9.20. The van der Waals surface area contributed by atoms with Crippen LogP contribution >= 0.6 is 0 Å². The Balaban J connectivity index is 2.35. The summed E-state index contributed by atoms with van der Waals surface area (Å²) in [6.07, 6.45) is 0. The molecule has 0 spiro atoms. The second-order valence-corrected chi connectivity index (χ2v) is 6.99. The van der Waals surface area contributed by atoms with Crippen molar-refractivity contribution in [1.29, 1.82) is 0 Å². The number of benzene rings is 1. The minimum atomic E-state index is -0.679. The maximum absolute atomic E-state index is 11.6. The van der Waals surface area contributed by atoms with Crippen molar-refractivity contribution >= 4 is 5.97 Å². The molecule has 1 aromatic rings. The lowest BCUT2D eigenvalue weighted by molar-refractivity contribution is -0.141. The molecule has 1 fully saturated rings. The van der Waals surface area contributed by atoms with Crippen molar-refractivity contribution in [2.24, 2.45) is 5.92 Å². The van der Waals surface area contributed by atoms with E-state index >= 15 is 0 Å². The highest BCUT2D eigenvalue weighted by molar-refractivity contribution is 5.72. The number of likely N-dealkylation sites (tertiary alicyclic amines) is 1. The third kappa shape index (κ3) is 2.88. The first kappa shape index (κ1) is 15.0. The normalized spacial score (nSPS) is 24.1. The molecule has 20 heavy (non-hydrogen) atoms. The van der Waals surface area contributed by atoms with Crippen LogP contribution in [0.3, 0.4) is 0 Å². The molecule has 2 rings (SSSR count). The van der Waals surface area contributed by atoms with Gasteiger partial charge in [0.05, 0.1) is 5.92 Å². The lowest BCUT2D eigenvalue weighted by Gasteiger charge is -2.31. The zero-order chi connectivity index (χ0) is 15.1. The van der Waals surface area contributed by atoms with Gasteiger partial charge in [-0.15, -0.1) is 0 Å². The molecule has 0 amide bonds. The molecule has 0 radical (unpaired) electrons. The molecule has 0 bridgehead atoms. The molecule has 0 unspecified atom stereocenters. The van der Waals surface area contributed by atoms with E-state index in [1.807, 2.05) is 0 Å². The zero-order valence-electron chi connectivity index (χ0n) is 13.1. The topological polar surface area (TPSA) is 40.5 Å². The van der Waals surface area contributed by atoms with Crippen LogP contribution in [0.15, 0.2) is 18.2 Å². The molecule has 110 valence electrons. The quantitative estimate of drug-likeness (QED) is 0.901. The molecular weight excluding hydrogens is 250 g/mol. The zero-order valence-corrected chi connectivity index (χ0v) is 13.1. The van der Waals surface area contributed by atoms with Crippen LogP contribution in [0, 0.1) is 19.8 Å². The van der Waals surface area contributed by atoms with Crippen LogP contribution in [0.5, 0.6) is 0 Å². The van der Waals surface area contributed by atoms with E-state index in [0.29, 0.717) is 6.54 Å². The minimum absolute atomic E-state index is 0.0149. The number of carbonyl (C=O) groups is 1.